The number of carbonyl (C=O) groups is 1. The standard InChI is InChI=1S/C20H23BrN2O3/c1-25-19(24)20(15-26-14-16-5-3-2-4-6-16)9-11-23(12-10-20)18-8-7-17(21)13-22-18/h2-8,13H,9-12,14-15H2,1H3. The molecule has 2 heterocycles. The van der Waals surface area contributed by atoms with Crippen molar-refractivity contribution in [2.75, 3.05) is 31.7 Å². The molecule has 0 amide bonds. The maximum absolute atomic E-state index is 12.5. The van der Waals surface area contributed by atoms with Gasteiger partial charge in [0.1, 0.15) is 5.82 Å². The first-order valence-corrected chi connectivity index (χ1v) is 9.49. The van der Waals surface area contributed by atoms with E-state index in [9.17, 15) is 4.79 Å². The molecule has 5 nitrogen and oxygen atoms in total. The topological polar surface area (TPSA) is 51.7 Å². The van der Waals surface area contributed by atoms with Crippen molar-refractivity contribution in [1.29, 1.82) is 0 Å². The first-order valence-electron chi connectivity index (χ1n) is 8.69. The van der Waals surface area contributed by atoms with Crippen LogP contribution in [0.25, 0.3) is 0 Å². The van der Waals surface area contributed by atoms with Crippen molar-refractivity contribution in [2.45, 2.75) is 19.4 Å². The molecule has 0 radical (unpaired) electrons. The molecule has 0 saturated carbocycles. The molecule has 3 rings (SSSR count). The Bertz CT molecular complexity index is 714. The molecule has 0 bridgehead atoms. The molecular weight excluding hydrogens is 396 g/mol. The maximum atomic E-state index is 12.5. The van der Waals surface area contributed by atoms with E-state index >= 15 is 0 Å². The summed E-state index contributed by atoms with van der Waals surface area (Å²) in [5.41, 5.74) is 0.513. The summed E-state index contributed by atoms with van der Waals surface area (Å²) in [6.07, 6.45) is 3.17. The average molecular weight is 419 g/mol. The zero-order valence-electron chi connectivity index (χ0n) is 14.9. The number of anilines is 1. The normalized spacial score (nSPS) is 16.3. The van der Waals surface area contributed by atoms with Crippen LogP contribution in [0.4, 0.5) is 5.82 Å². The lowest BCUT2D eigenvalue weighted by Crippen LogP contribution is -2.47. The second-order valence-electron chi connectivity index (χ2n) is 6.57. The molecule has 0 N–H and O–H groups in total. The Hall–Kier alpha value is -1.92. The lowest BCUT2D eigenvalue weighted by atomic mass is 9.79. The zero-order chi connectivity index (χ0) is 18.4. The number of methoxy groups -OCH3 is 1. The lowest BCUT2D eigenvalue weighted by molar-refractivity contribution is -0.159. The molecule has 1 aliphatic heterocycles. The highest BCUT2D eigenvalue weighted by Crippen LogP contribution is 2.35. The van der Waals surface area contributed by atoms with Crippen LogP contribution in [0.1, 0.15) is 18.4 Å². The highest BCUT2D eigenvalue weighted by Gasteiger charge is 2.43. The summed E-state index contributed by atoms with van der Waals surface area (Å²) in [4.78, 5) is 19.1. The van der Waals surface area contributed by atoms with Crippen LogP contribution < -0.4 is 4.90 Å². The number of esters is 1. The van der Waals surface area contributed by atoms with E-state index in [-0.39, 0.29) is 5.97 Å². The minimum absolute atomic E-state index is 0.186. The van der Waals surface area contributed by atoms with E-state index in [2.05, 4.69) is 25.8 Å². The van der Waals surface area contributed by atoms with Crippen molar-refractivity contribution in [3.05, 3.63) is 58.7 Å². The summed E-state index contributed by atoms with van der Waals surface area (Å²) >= 11 is 3.40. The Morgan fingerprint density at radius 3 is 2.54 bits per heavy atom. The quantitative estimate of drug-likeness (QED) is 0.667. The summed E-state index contributed by atoms with van der Waals surface area (Å²) in [5, 5.41) is 0. The van der Waals surface area contributed by atoms with Gasteiger partial charge in [0.05, 0.1) is 25.7 Å². The number of benzene rings is 1. The van der Waals surface area contributed by atoms with Crippen molar-refractivity contribution >= 4 is 27.7 Å². The molecule has 2 aromatic rings. The molecule has 1 aromatic carbocycles. The van der Waals surface area contributed by atoms with Gasteiger partial charge in [-0.05, 0) is 46.5 Å². The van der Waals surface area contributed by atoms with Crippen LogP contribution >= 0.6 is 15.9 Å². The van der Waals surface area contributed by atoms with Crippen LogP contribution in [0.15, 0.2) is 53.1 Å². The third kappa shape index (κ3) is 4.43. The number of hydrogen-bond donors (Lipinski definition) is 0. The minimum atomic E-state index is -0.588. The maximum Gasteiger partial charge on any atom is 0.314 e. The highest BCUT2D eigenvalue weighted by molar-refractivity contribution is 9.10. The van der Waals surface area contributed by atoms with Gasteiger partial charge in [0.25, 0.3) is 0 Å². The van der Waals surface area contributed by atoms with Gasteiger partial charge in [0.15, 0.2) is 0 Å². The fourth-order valence-corrected chi connectivity index (χ4v) is 3.52. The molecule has 1 aromatic heterocycles. The molecule has 6 heteroatoms. The van der Waals surface area contributed by atoms with E-state index in [4.69, 9.17) is 9.47 Å². The average Bonchev–Trinajstić information content (AvgIpc) is 2.69. The molecule has 1 aliphatic rings. The Kier molecular flexibility index (Phi) is 6.27. The van der Waals surface area contributed by atoms with Crippen molar-refractivity contribution in [2.24, 2.45) is 5.41 Å². The van der Waals surface area contributed by atoms with E-state index in [0.29, 0.717) is 26.1 Å². The third-order valence-electron chi connectivity index (χ3n) is 4.86. The number of aromatic nitrogens is 1. The largest absolute Gasteiger partial charge is 0.469 e. The van der Waals surface area contributed by atoms with Gasteiger partial charge in [-0.1, -0.05) is 30.3 Å². The van der Waals surface area contributed by atoms with Gasteiger partial charge in [-0.3, -0.25) is 4.79 Å². The molecule has 0 atom stereocenters. The Labute approximate surface area is 162 Å². The Morgan fingerprint density at radius 2 is 1.92 bits per heavy atom. The van der Waals surface area contributed by atoms with Crippen LogP contribution in [0.3, 0.4) is 0 Å². The van der Waals surface area contributed by atoms with Gasteiger partial charge in [-0.2, -0.15) is 0 Å². The summed E-state index contributed by atoms with van der Waals surface area (Å²) in [6.45, 7) is 2.37. The monoisotopic (exact) mass is 418 g/mol. The van der Waals surface area contributed by atoms with Crippen LogP contribution in [0.2, 0.25) is 0 Å². The van der Waals surface area contributed by atoms with E-state index in [1.807, 2.05) is 42.5 Å². The van der Waals surface area contributed by atoms with E-state index in [1.165, 1.54) is 7.11 Å². The first kappa shape index (κ1) is 18.9. The minimum Gasteiger partial charge on any atom is -0.469 e. The summed E-state index contributed by atoms with van der Waals surface area (Å²) in [7, 11) is 1.45. The number of nitrogens with zero attached hydrogens (tertiary/aromatic N) is 2. The molecule has 26 heavy (non-hydrogen) atoms. The first-order chi connectivity index (χ1) is 12.6. The lowest BCUT2D eigenvalue weighted by Gasteiger charge is -2.39. The zero-order valence-corrected chi connectivity index (χ0v) is 16.4. The van der Waals surface area contributed by atoms with Crippen LogP contribution in [-0.2, 0) is 20.9 Å². The molecule has 138 valence electrons. The molecule has 1 saturated heterocycles. The summed E-state index contributed by atoms with van der Waals surface area (Å²) in [5.74, 6) is 0.742. The third-order valence-corrected chi connectivity index (χ3v) is 5.33. The summed E-state index contributed by atoms with van der Waals surface area (Å²) in [6, 6.07) is 14.0. The number of halogens is 1. The summed E-state index contributed by atoms with van der Waals surface area (Å²) < 4.78 is 11.9. The Balaban J connectivity index is 1.62. The fraction of sp³-hybridized carbons (Fsp3) is 0.400. The van der Waals surface area contributed by atoms with Gasteiger partial charge >= 0.3 is 5.97 Å². The van der Waals surface area contributed by atoms with E-state index in [0.717, 1.165) is 28.9 Å². The van der Waals surface area contributed by atoms with Crippen LogP contribution in [-0.4, -0.2) is 37.8 Å². The van der Waals surface area contributed by atoms with Crippen molar-refractivity contribution in [1.82, 2.24) is 4.98 Å². The number of hydrogen-bond acceptors (Lipinski definition) is 5. The smallest absolute Gasteiger partial charge is 0.314 e. The van der Waals surface area contributed by atoms with Crippen molar-refractivity contribution in [3.63, 3.8) is 0 Å². The van der Waals surface area contributed by atoms with E-state index < -0.39 is 5.41 Å². The molecule has 0 unspecified atom stereocenters. The molecule has 0 aliphatic carbocycles. The molecule has 0 spiro atoms. The number of ether oxygens (including phenoxy) is 2. The van der Waals surface area contributed by atoms with Crippen molar-refractivity contribution < 1.29 is 14.3 Å². The second-order valence-corrected chi connectivity index (χ2v) is 7.49. The van der Waals surface area contributed by atoms with Crippen LogP contribution in [0.5, 0.6) is 0 Å². The molecular formula is C20H23BrN2O3. The van der Waals surface area contributed by atoms with Gasteiger partial charge < -0.3 is 14.4 Å². The SMILES string of the molecule is COC(=O)C1(COCc2ccccc2)CCN(c2ccc(Br)cn2)CC1. The number of carbonyl (C=O) groups excluding carboxylic acids is 1. The molecule has 1 fully saturated rings. The van der Waals surface area contributed by atoms with Gasteiger partial charge in [-0.15, -0.1) is 0 Å². The highest BCUT2D eigenvalue weighted by atomic mass is 79.9. The number of piperidine rings is 1. The number of rotatable bonds is 6. The van der Waals surface area contributed by atoms with E-state index in [1.54, 1.807) is 6.20 Å². The number of pyridine rings is 1. The van der Waals surface area contributed by atoms with Crippen LogP contribution in [0, 0.1) is 5.41 Å². The van der Waals surface area contributed by atoms with Gasteiger partial charge in [0.2, 0.25) is 0 Å². The second kappa shape index (κ2) is 8.64. The van der Waals surface area contributed by atoms with Gasteiger partial charge in [0, 0.05) is 23.8 Å². The van der Waals surface area contributed by atoms with Gasteiger partial charge in [-0.25, -0.2) is 4.98 Å². The van der Waals surface area contributed by atoms with Crippen molar-refractivity contribution in [3.8, 4) is 0 Å². The predicted octanol–water partition coefficient (Wildman–Crippen LogP) is 3.82. The fourth-order valence-electron chi connectivity index (χ4n) is 3.28. The predicted molar refractivity (Wildman–Crippen MR) is 104 cm³/mol. The Morgan fingerprint density at radius 1 is 1.19 bits per heavy atom.